The number of benzene rings is 1. The quantitative estimate of drug-likeness (QED) is 0.631. The number of carbonyl (C=O) groups is 1. The SMILES string of the molecule is CC(C)CN=C(N)SCc1cccc(C(N)=O)c1. The van der Waals surface area contributed by atoms with Crippen molar-refractivity contribution in [3.8, 4) is 0 Å². The average molecular weight is 265 g/mol. The van der Waals surface area contributed by atoms with E-state index in [-0.39, 0.29) is 0 Å². The van der Waals surface area contributed by atoms with Crippen LogP contribution in [0.25, 0.3) is 0 Å². The van der Waals surface area contributed by atoms with Crippen molar-refractivity contribution in [2.24, 2.45) is 22.4 Å². The van der Waals surface area contributed by atoms with Gasteiger partial charge in [-0.1, -0.05) is 37.7 Å². The van der Waals surface area contributed by atoms with Crippen LogP contribution in [-0.2, 0) is 5.75 Å². The van der Waals surface area contributed by atoms with Gasteiger partial charge in [-0.05, 0) is 23.6 Å². The molecule has 1 amide bonds. The maximum absolute atomic E-state index is 11.0. The Balaban J connectivity index is 2.55. The number of primary amides is 1. The van der Waals surface area contributed by atoms with E-state index in [2.05, 4.69) is 18.8 Å². The van der Waals surface area contributed by atoms with E-state index < -0.39 is 5.91 Å². The first kappa shape index (κ1) is 14.6. The highest BCUT2D eigenvalue weighted by atomic mass is 32.2. The van der Waals surface area contributed by atoms with Gasteiger partial charge in [-0.15, -0.1) is 0 Å². The number of amidine groups is 1. The number of amides is 1. The second-order valence-corrected chi connectivity index (χ2v) is 5.42. The number of nitrogens with zero attached hydrogens (tertiary/aromatic N) is 1. The van der Waals surface area contributed by atoms with Crippen LogP contribution < -0.4 is 11.5 Å². The first-order valence-electron chi connectivity index (χ1n) is 5.80. The lowest BCUT2D eigenvalue weighted by atomic mass is 10.1. The zero-order valence-electron chi connectivity index (χ0n) is 10.7. The van der Waals surface area contributed by atoms with E-state index in [1.54, 1.807) is 12.1 Å². The van der Waals surface area contributed by atoms with Gasteiger partial charge in [0.25, 0.3) is 0 Å². The minimum Gasteiger partial charge on any atom is -0.379 e. The molecular weight excluding hydrogens is 246 g/mol. The molecule has 18 heavy (non-hydrogen) atoms. The molecule has 0 aliphatic rings. The van der Waals surface area contributed by atoms with Crippen LogP contribution in [0.4, 0.5) is 0 Å². The summed E-state index contributed by atoms with van der Waals surface area (Å²) in [6.45, 7) is 4.93. The van der Waals surface area contributed by atoms with Gasteiger partial charge in [-0.2, -0.15) is 0 Å². The topological polar surface area (TPSA) is 81.5 Å². The van der Waals surface area contributed by atoms with Crippen molar-refractivity contribution in [1.29, 1.82) is 0 Å². The van der Waals surface area contributed by atoms with Crippen molar-refractivity contribution < 1.29 is 4.79 Å². The molecule has 0 unspecified atom stereocenters. The Kier molecular flexibility index (Phi) is 5.71. The summed E-state index contributed by atoms with van der Waals surface area (Å²) in [5.74, 6) is 0.778. The number of hydrogen-bond donors (Lipinski definition) is 2. The Bertz CT molecular complexity index is 444. The summed E-state index contributed by atoms with van der Waals surface area (Å²) in [5.41, 5.74) is 12.5. The maximum atomic E-state index is 11.0. The first-order valence-corrected chi connectivity index (χ1v) is 6.79. The number of thioether (sulfide) groups is 1. The lowest BCUT2D eigenvalue weighted by Gasteiger charge is -2.04. The van der Waals surface area contributed by atoms with Crippen LogP contribution in [0.15, 0.2) is 29.3 Å². The van der Waals surface area contributed by atoms with Crippen LogP contribution in [0.1, 0.15) is 29.8 Å². The summed E-state index contributed by atoms with van der Waals surface area (Å²) in [7, 11) is 0. The molecule has 4 nitrogen and oxygen atoms in total. The van der Waals surface area contributed by atoms with Crippen LogP contribution in [0.3, 0.4) is 0 Å². The molecule has 0 heterocycles. The highest BCUT2D eigenvalue weighted by molar-refractivity contribution is 8.13. The predicted octanol–water partition coefficient (Wildman–Crippen LogP) is 1.99. The number of hydrogen-bond acceptors (Lipinski definition) is 3. The molecule has 98 valence electrons. The van der Waals surface area contributed by atoms with Crippen molar-refractivity contribution in [1.82, 2.24) is 0 Å². The van der Waals surface area contributed by atoms with Crippen LogP contribution in [0.5, 0.6) is 0 Å². The first-order chi connectivity index (χ1) is 8.49. The van der Waals surface area contributed by atoms with Crippen molar-refractivity contribution in [2.75, 3.05) is 6.54 Å². The summed E-state index contributed by atoms with van der Waals surface area (Å²) in [5, 5.41) is 0.577. The standard InChI is InChI=1S/C13H19N3OS/c1-9(2)7-16-13(15)18-8-10-4-3-5-11(6-10)12(14)17/h3-6,9H,7-8H2,1-2H3,(H2,14,17)(H2,15,16). The van der Waals surface area contributed by atoms with E-state index in [1.165, 1.54) is 11.8 Å². The third-order valence-electron chi connectivity index (χ3n) is 2.21. The van der Waals surface area contributed by atoms with Gasteiger partial charge in [-0.3, -0.25) is 9.79 Å². The van der Waals surface area contributed by atoms with E-state index in [1.807, 2.05) is 12.1 Å². The van der Waals surface area contributed by atoms with Gasteiger partial charge in [0, 0.05) is 17.9 Å². The zero-order valence-corrected chi connectivity index (χ0v) is 11.5. The summed E-state index contributed by atoms with van der Waals surface area (Å²) in [6.07, 6.45) is 0. The van der Waals surface area contributed by atoms with Gasteiger partial charge in [0.05, 0.1) is 0 Å². The van der Waals surface area contributed by atoms with Gasteiger partial charge >= 0.3 is 0 Å². The van der Waals surface area contributed by atoms with E-state index >= 15 is 0 Å². The van der Waals surface area contributed by atoms with Gasteiger partial charge in [0.15, 0.2) is 5.17 Å². The van der Waals surface area contributed by atoms with Crippen molar-refractivity contribution in [3.63, 3.8) is 0 Å². The number of aliphatic imine (C=N–C) groups is 1. The molecule has 0 aromatic heterocycles. The molecule has 1 aromatic carbocycles. The molecule has 0 fully saturated rings. The maximum Gasteiger partial charge on any atom is 0.248 e. The van der Waals surface area contributed by atoms with Crippen LogP contribution >= 0.6 is 11.8 Å². The molecule has 1 rings (SSSR count). The Morgan fingerprint density at radius 2 is 2.11 bits per heavy atom. The summed E-state index contributed by atoms with van der Waals surface area (Å²) >= 11 is 1.47. The molecule has 0 saturated heterocycles. The second-order valence-electron chi connectivity index (χ2n) is 4.43. The predicted molar refractivity (Wildman–Crippen MR) is 77.6 cm³/mol. The highest BCUT2D eigenvalue weighted by Gasteiger charge is 2.02. The summed E-state index contributed by atoms with van der Waals surface area (Å²) in [4.78, 5) is 15.3. The lowest BCUT2D eigenvalue weighted by Crippen LogP contribution is -2.11. The minimum absolute atomic E-state index is 0.414. The largest absolute Gasteiger partial charge is 0.379 e. The highest BCUT2D eigenvalue weighted by Crippen LogP contribution is 2.14. The molecule has 0 aliphatic carbocycles. The third-order valence-corrected chi connectivity index (χ3v) is 3.11. The molecule has 0 spiro atoms. The van der Waals surface area contributed by atoms with Crippen molar-refractivity contribution >= 4 is 22.8 Å². The summed E-state index contributed by atoms with van der Waals surface area (Å²) in [6, 6.07) is 7.24. The van der Waals surface area contributed by atoms with Crippen molar-refractivity contribution in [3.05, 3.63) is 35.4 Å². The molecule has 0 radical (unpaired) electrons. The fourth-order valence-corrected chi connectivity index (χ4v) is 1.95. The fourth-order valence-electron chi connectivity index (χ4n) is 1.29. The number of rotatable bonds is 5. The van der Waals surface area contributed by atoms with Crippen LogP contribution in [0, 0.1) is 5.92 Å². The minimum atomic E-state index is -0.414. The molecule has 4 N–H and O–H groups in total. The normalized spacial score (nSPS) is 11.8. The Labute approximate surface area is 112 Å². The van der Waals surface area contributed by atoms with E-state index in [0.717, 1.165) is 12.1 Å². The van der Waals surface area contributed by atoms with E-state index in [9.17, 15) is 4.79 Å². The fraction of sp³-hybridized carbons (Fsp3) is 0.385. The molecule has 5 heteroatoms. The average Bonchev–Trinajstić information content (AvgIpc) is 2.34. The molecule has 0 atom stereocenters. The third kappa shape index (κ3) is 5.23. The van der Waals surface area contributed by atoms with Crippen LogP contribution in [0.2, 0.25) is 0 Å². The molecule has 0 bridgehead atoms. The monoisotopic (exact) mass is 265 g/mol. The molecule has 0 saturated carbocycles. The summed E-state index contributed by atoms with van der Waals surface area (Å²) < 4.78 is 0. The molecular formula is C13H19N3OS. The lowest BCUT2D eigenvalue weighted by molar-refractivity contribution is 0.1000. The van der Waals surface area contributed by atoms with E-state index in [4.69, 9.17) is 11.5 Å². The second kappa shape index (κ2) is 7.06. The molecule has 0 aliphatic heterocycles. The Morgan fingerprint density at radius 3 is 2.72 bits per heavy atom. The number of carbonyl (C=O) groups excluding carboxylic acids is 1. The van der Waals surface area contributed by atoms with Crippen molar-refractivity contribution in [2.45, 2.75) is 19.6 Å². The molecule has 1 aromatic rings. The van der Waals surface area contributed by atoms with Gasteiger partial charge < -0.3 is 11.5 Å². The van der Waals surface area contributed by atoms with Gasteiger partial charge in [0.2, 0.25) is 5.91 Å². The van der Waals surface area contributed by atoms with E-state index in [0.29, 0.717) is 22.4 Å². The smallest absolute Gasteiger partial charge is 0.248 e. The van der Waals surface area contributed by atoms with Gasteiger partial charge in [0.1, 0.15) is 0 Å². The zero-order chi connectivity index (χ0) is 13.5. The van der Waals surface area contributed by atoms with Gasteiger partial charge in [-0.25, -0.2) is 0 Å². The Hall–Kier alpha value is -1.49. The van der Waals surface area contributed by atoms with Crippen LogP contribution in [-0.4, -0.2) is 17.6 Å². The Morgan fingerprint density at radius 1 is 1.39 bits per heavy atom. The number of nitrogens with two attached hydrogens (primary N) is 2.